The number of aromatic nitrogens is 1. The number of carbonyl (C=O) groups excluding carboxylic acids is 1. The van der Waals surface area contributed by atoms with E-state index in [9.17, 15) is 4.79 Å². The molecule has 1 N–H and O–H groups in total. The summed E-state index contributed by atoms with van der Waals surface area (Å²) in [5, 5.41) is 3.04. The Bertz CT molecular complexity index is 447. The summed E-state index contributed by atoms with van der Waals surface area (Å²) in [6.07, 6.45) is 5.33. The lowest BCUT2D eigenvalue weighted by atomic mass is 9.96. The molecule has 1 aromatic rings. The molecule has 1 amide bonds. The second-order valence-electron chi connectivity index (χ2n) is 5.56. The maximum atomic E-state index is 12.2. The molecule has 0 spiro atoms. The second-order valence-corrected chi connectivity index (χ2v) is 5.56. The lowest BCUT2D eigenvalue weighted by molar-refractivity contribution is -0.131. The van der Waals surface area contributed by atoms with Crippen LogP contribution in [0.1, 0.15) is 44.7 Å². The molecule has 0 saturated carbocycles. The zero-order valence-corrected chi connectivity index (χ0v) is 12.6. The van der Waals surface area contributed by atoms with E-state index < -0.39 is 0 Å². The van der Waals surface area contributed by atoms with Crippen molar-refractivity contribution >= 4 is 11.7 Å². The van der Waals surface area contributed by atoms with Crippen molar-refractivity contribution in [1.29, 1.82) is 0 Å². The van der Waals surface area contributed by atoms with E-state index in [4.69, 9.17) is 0 Å². The van der Waals surface area contributed by atoms with E-state index in [0.29, 0.717) is 18.9 Å². The lowest BCUT2D eigenvalue weighted by Crippen LogP contribution is -2.30. The average molecular weight is 275 g/mol. The van der Waals surface area contributed by atoms with Gasteiger partial charge in [0.05, 0.1) is 12.2 Å². The largest absolute Gasteiger partial charge is 0.373 e. The zero-order chi connectivity index (χ0) is 14.4. The number of nitrogens with one attached hydrogen (secondary N) is 1. The van der Waals surface area contributed by atoms with Crippen LogP contribution in [0.5, 0.6) is 0 Å². The van der Waals surface area contributed by atoms with Gasteiger partial charge in [0.1, 0.15) is 5.82 Å². The van der Waals surface area contributed by atoms with Gasteiger partial charge in [-0.2, -0.15) is 0 Å². The van der Waals surface area contributed by atoms with E-state index in [-0.39, 0.29) is 5.91 Å². The van der Waals surface area contributed by atoms with Crippen molar-refractivity contribution in [2.45, 2.75) is 45.6 Å². The molecule has 1 aromatic heterocycles. The summed E-state index contributed by atoms with van der Waals surface area (Å²) < 4.78 is 0. The van der Waals surface area contributed by atoms with Crippen molar-refractivity contribution in [3.63, 3.8) is 0 Å². The Morgan fingerprint density at radius 1 is 1.40 bits per heavy atom. The molecule has 4 heteroatoms. The van der Waals surface area contributed by atoms with Crippen LogP contribution in [0.15, 0.2) is 18.2 Å². The number of hydrogen-bond acceptors (Lipinski definition) is 3. The third-order valence-electron chi connectivity index (χ3n) is 4.04. The molecule has 1 aliphatic rings. The third-order valence-corrected chi connectivity index (χ3v) is 4.04. The number of anilines is 1. The molecule has 1 atom stereocenters. The molecule has 1 unspecified atom stereocenters. The molecule has 0 aromatic carbocycles. The maximum Gasteiger partial charge on any atom is 0.222 e. The summed E-state index contributed by atoms with van der Waals surface area (Å²) in [4.78, 5) is 18.7. The van der Waals surface area contributed by atoms with Crippen molar-refractivity contribution in [2.75, 3.05) is 18.9 Å². The Morgan fingerprint density at radius 3 is 3.00 bits per heavy atom. The standard InChI is InChI=1S/C16H25N3O/c1-3-5-13-8-9-16(20)19(11-10-13)12-14-6-4-7-15(17-2)18-14/h4,6-7,13H,3,5,8-12H2,1-2H3,(H,17,18). The molecule has 1 saturated heterocycles. The van der Waals surface area contributed by atoms with Gasteiger partial charge in [-0.3, -0.25) is 4.79 Å². The average Bonchev–Trinajstić information content (AvgIpc) is 2.64. The molecule has 110 valence electrons. The monoisotopic (exact) mass is 275 g/mol. The van der Waals surface area contributed by atoms with Gasteiger partial charge in [0.15, 0.2) is 0 Å². The Hall–Kier alpha value is -1.58. The van der Waals surface area contributed by atoms with Crippen LogP contribution in [0.4, 0.5) is 5.82 Å². The van der Waals surface area contributed by atoms with Crippen LogP contribution in [0.3, 0.4) is 0 Å². The van der Waals surface area contributed by atoms with Gasteiger partial charge in [0.2, 0.25) is 5.91 Å². The van der Waals surface area contributed by atoms with Crippen molar-refractivity contribution in [3.05, 3.63) is 23.9 Å². The van der Waals surface area contributed by atoms with E-state index in [2.05, 4.69) is 17.2 Å². The van der Waals surface area contributed by atoms with Gasteiger partial charge < -0.3 is 10.2 Å². The van der Waals surface area contributed by atoms with E-state index >= 15 is 0 Å². The minimum atomic E-state index is 0.278. The summed E-state index contributed by atoms with van der Waals surface area (Å²) in [5.41, 5.74) is 0.958. The quantitative estimate of drug-likeness (QED) is 0.898. The van der Waals surface area contributed by atoms with Gasteiger partial charge in [0, 0.05) is 20.0 Å². The molecule has 2 rings (SSSR count). The number of rotatable bonds is 5. The number of nitrogens with zero attached hydrogens (tertiary/aromatic N) is 2. The minimum absolute atomic E-state index is 0.278. The topological polar surface area (TPSA) is 45.2 Å². The fraction of sp³-hybridized carbons (Fsp3) is 0.625. The summed E-state index contributed by atoms with van der Waals surface area (Å²) in [6, 6.07) is 5.91. The molecule has 0 aliphatic carbocycles. The van der Waals surface area contributed by atoms with Crippen LogP contribution < -0.4 is 5.32 Å². The van der Waals surface area contributed by atoms with Gasteiger partial charge in [0.25, 0.3) is 0 Å². The Morgan fingerprint density at radius 2 is 2.25 bits per heavy atom. The first-order valence-corrected chi connectivity index (χ1v) is 7.64. The van der Waals surface area contributed by atoms with Gasteiger partial charge in [-0.25, -0.2) is 4.98 Å². The van der Waals surface area contributed by atoms with E-state index in [1.165, 1.54) is 12.8 Å². The van der Waals surface area contributed by atoms with Crippen molar-refractivity contribution < 1.29 is 4.79 Å². The molecule has 0 bridgehead atoms. The first-order chi connectivity index (χ1) is 9.72. The summed E-state index contributed by atoms with van der Waals surface area (Å²) in [6.45, 7) is 3.72. The third kappa shape index (κ3) is 3.95. The normalized spacial score (nSPS) is 19.8. The minimum Gasteiger partial charge on any atom is -0.373 e. The van der Waals surface area contributed by atoms with Crippen LogP contribution in [0.25, 0.3) is 0 Å². The summed E-state index contributed by atoms with van der Waals surface area (Å²) >= 11 is 0. The first kappa shape index (κ1) is 14.8. The predicted octanol–water partition coefficient (Wildman–Crippen LogP) is 3.05. The van der Waals surface area contributed by atoms with Gasteiger partial charge >= 0.3 is 0 Å². The molecule has 2 heterocycles. The second kappa shape index (κ2) is 7.27. The highest BCUT2D eigenvalue weighted by molar-refractivity contribution is 5.76. The molecule has 0 radical (unpaired) electrons. The fourth-order valence-electron chi connectivity index (χ4n) is 2.86. The molecular formula is C16H25N3O. The van der Waals surface area contributed by atoms with E-state index in [0.717, 1.165) is 30.9 Å². The number of hydrogen-bond donors (Lipinski definition) is 1. The summed E-state index contributed by atoms with van der Waals surface area (Å²) in [7, 11) is 1.86. The van der Waals surface area contributed by atoms with Crippen LogP contribution in [0.2, 0.25) is 0 Å². The van der Waals surface area contributed by atoms with Gasteiger partial charge in [-0.1, -0.05) is 25.8 Å². The molecule has 4 nitrogen and oxygen atoms in total. The highest BCUT2D eigenvalue weighted by Gasteiger charge is 2.22. The number of pyridine rings is 1. The van der Waals surface area contributed by atoms with Gasteiger partial charge in [-0.15, -0.1) is 0 Å². The molecule has 1 aliphatic heterocycles. The number of carbonyl (C=O) groups is 1. The smallest absolute Gasteiger partial charge is 0.222 e. The van der Waals surface area contributed by atoms with Crippen LogP contribution >= 0.6 is 0 Å². The highest BCUT2D eigenvalue weighted by Crippen LogP contribution is 2.23. The predicted molar refractivity (Wildman–Crippen MR) is 81.4 cm³/mol. The number of amides is 1. The summed E-state index contributed by atoms with van der Waals surface area (Å²) in [5.74, 6) is 1.85. The van der Waals surface area contributed by atoms with Crippen molar-refractivity contribution in [2.24, 2.45) is 5.92 Å². The van der Waals surface area contributed by atoms with E-state index in [1.807, 2.05) is 30.1 Å². The maximum absolute atomic E-state index is 12.2. The van der Waals surface area contributed by atoms with Crippen LogP contribution in [-0.4, -0.2) is 29.4 Å². The zero-order valence-electron chi connectivity index (χ0n) is 12.6. The molecular weight excluding hydrogens is 250 g/mol. The molecule has 20 heavy (non-hydrogen) atoms. The molecule has 1 fully saturated rings. The number of likely N-dealkylation sites (tertiary alicyclic amines) is 1. The Balaban J connectivity index is 1.98. The fourth-order valence-corrected chi connectivity index (χ4v) is 2.86. The highest BCUT2D eigenvalue weighted by atomic mass is 16.2. The van der Waals surface area contributed by atoms with E-state index in [1.54, 1.807) is 0 Å². The van der Waals surface area contributed by atoms with Crippen LogP contribution in [0, 0.1) is 5.92 Å². The van der Waals surface area contributed by atoms with Crippen LogP contribution in [-0.2, 0) is 11.3 Å². The lowest BCUT2D eigenvalue weighted by Gasteiger charge is -2.20. The Kier molecular flexibility index (Phi) is 5.39. The van der Waals surface area contributed by atoms with Gasteiger partial charge in [-0.05, 0) is 30.9 Å². The SMILES string of the molecule is CCCC1CCC(=O)N(Cc2cccc(NC)n2)CC1. The Labute approximate surface area is 121 Å². The van der Waals surface area contributed by atoms with Crippen molar-refractivity contribution in [3.8, 4) is 0 Å². The first-order valence-electron chi connectivity index (χ1n) is 7.64. The van der Waals surface area contributed by atoms with Crippen molar-refractivity contribution in [1.82, 2.24) is 9.88 Å².